The zero-order valence-electron chi connectivity index (χ0n) is 17.5. The van der Waals surface area contributed by atoms with Gasteiger partial charge in [0.15, 0.2) is 0 Å². The van der Waals surface area contributed by atoms with Gasteiger partial charge in [0, 0.05) is 18.2 Å². The number of rotatable bonds is 5. The first-order valence-electron chi connectivity index (χ1n) is 10.0. The smallest absolute Gasteiger partial charge is 0.407 e. The minimum absolute atomic E-state index is 0.0183. The van der Waals surface area contributed by atoms with Crippen molar-refractivity contribution >= 4 is 17.4 Å². The van der Waals surface area contributed by atoms with Crippen LogP contribution in [0.4, 0.5) is 4.79 Å². The quantitative estimate of drug-likeness (QED) is 0.598. The molecule has 1 heterocycles. The number of hydrogen-bond donors (Lipinski definition) is 1. The lowest BCUT2D eigenvalue weighted by Gasteiger charge is -2.22. The molecule has 8 heteroatoms. The van der Waals surface area contributed by atoms with E-state index in [0.29, 0.717) is 11.3 Å². The van der Waals surface area contributed by atoms with Gasteiger partial charge < -0.3 is 14.7 Å². The summed E-state index contributed by atoms with van der Waals surface area (Å²) in [4.78, 5) is 12.8. The predicted octanol–water partition coefficient (Wildman–Crippen LogP) is 5.13. The van der Waals surface area contributed by atoms with Crippen LogP contribution < -0.4 is 4.74 Å². The van der Waals surface area contributed by atoms with Crippen LogP contribution in [0.5, 0.6) is 5.75 Å². The maximum Gasteiger partial charge on any atom is 0.407 e. The number of hydrogen-bond acceptors (Lipinski definition) is 6. The topological polar surface area (TPSA) is 99.3 Å². The Balaban J connectivity index is 1.67. The van der Waals surface area contributed by atoms with Gasteiger partial charge in [-0.2, -0.15) is 5.26 Å². The molecule has 1 aliphatic carbocycles. The fourth-order valence-electron chi connectivity index (χ4n) is 3.92. The number of ether oxygens (including phenoxy) is 1. The number of nitriles is 1. The molecule has 0 saturated heterocycles. The summed E-state index contributed by atoms with van der Waals surface area (Å²) in [6, 6.07) is 13.4. The molecular weight excluding hydrogens is 412 g/mol. The van der Waals surface area contributed by atoms with E-state index in [-0.39, 0.29) is 12.1 Å². The number of amides is 1. The molecule has 0 aliphatic heterocycles. The van der Waals surface area contributed by atoms with E-state index in [2.05, 4.69) is 16.3 Å². The summed E-state index contributed by atoms with van der Waals surface area (Å²) in [5.41, 5.74) is 4.42. The van der Waals surface area contributed by atoms with Gasteiger partial charge in [0.1, 0.15) is 21.8 Å². The SMILES string of the molecule is CC(C)Oc1ccc(-c2nnc(-c3cccc4c3CCC4N(C)C(=O)O)s2)cc1C#N. The number of benzene rings is 2. The molecule has 1 amide bonds. The molecule has 1 N–H and O–H groups in total. The number of nitrogens with zero attached hydrogens (tertiary/aromatic N) is 4. The van der Waals surface area contributed by atoms with Crippen LogP contribution in [-0.4, -0.2) is 39.4 Å². The maximum absolute atomic E-state index is 11.4. The first-order chi connectivity index (χ1) is 14.9. The third-order valence-electron chi connectivity index (χ3n) is 5.37. The minimum atomic E-state index is -0.931. The first kappa shape index (κ1) is 20.8. The van der Waals surface area contributed by atoms with Gasteiger partial charge in [-0.15, -0.1) is 10.2 Å². The summed E-state index contributed by atoms with van der Waals surface area (Å²) in [6.45, 7) is 3.84. The van der Waals surface area contributed by atoms with Crippen molar-refractivity contribution in [3.63, 3.8) is 0 Å². The van der Waals surface area contributed by atoms with E-state index < -0.39 is 6.09 Å². The van der Waals surface area contributed by atoms with E-state index in [9.17, 15) is 15.2 Å². The average Bonchev–Trinajstić information content (AvgIpc) is 3.40. The third-order valence-corrected chi connectivity index (χ3v) is 6.38. The van der Waals surface area contributed by atoms with E-state index in [1.54, 1.807) is 19.2 Å². The van der Waals surface area contributed by atoms with Crippen LogP contribution in [0.2, 0.25) is 0 Å². The molecule has 0 bridgehead atoms. The van der Waals surface area contributed by atoms with E-state index in [0.717, 1.165) is 45.1 Å². The van der Waals surface area contributed by atoms with E-state index in [4.69, 9.17) is 4.74 Å². The van der Waals surface area contributed by atoms with Crippen molar-refractivity contribution in [3.8, 4) is 33.0 Å². The van der Waals surface area contributed by atoms with Crippen molar-refractivity contribution in [2.24, 2.45) is 0 Å². The second-order valence-electron chi connectivity index (χ2n) is 7.72. The number of fused-ring (bicyclic) bond motifs is 1. The molecule has 3 aromatic rings. The Morgan fingerprint density at radius 1 is 1.29 bits per heavy atom. The van der Waals surface area contributed by atoms with Crippen molar-refractivity contribution in [1.82, 2.24) is 15.1 Å². The predicted molar refractivity (Wildman–Crippen MR) is 118 cm³/mol. The lowest BCUT2D eigenvalue weighted by molar-refractivity contribution is 0.138. The molecule has 1 unspecified atom stereocenters. The third kappa shape index (κ3) is 3.97. The summed E-state index contributed by atoms with van der Waals surface area (Å²) in [6.07, 6.45) is 0.599. The molecule has 0 spiro atoms. The van der Waals surface area contributed by atoms with Crippen molar-refractivity contribution in [2.45, 2.75) is 38.8 Å². The van der Waals surface area contributed by atoms with Gasteiger partial charge in [0.2, 0.25) is 0 Å². The van der Waals surface area contributed by atoms with Crippen LogP contribution >= 0.6 is 11.3 Å². The highest BCUT2D eigenvalue weighted by molar-refractivity contribution is 7.17. The number of carbonyl (C=O) groups is 1. The van der Waals surface area contributed by atoms with Crippen molar-refractivity contribution in [2.75, 3.05) is 7.05 Å². The van der Waals surface area contributed by atoms with Crippen molar-refractivity contribution < 1.29 is 14.6 Å². The largest absolute Gasteiger partial charge is 0.490 e. The summed E-state index contributed by atoms with van der Waals surface area (Å²) < 4.78 is 5.70. The lowest BCUT2D eigenvalue weighted by Crippen LogP contribution is -2.28. The van der Waals surface area contributed by atoms with Crippen molar-refractivity contribution in [3.05, 3.63) is 53.1 Å². The Labute approximate surface area is 184 Å². The molecule has 31 heavy (non-hydrogen) atoms. The molecule has 0 fully saturated rings. The second-order valence-corrected chi connectivity index (χ2v) is 8.70. The fourth-order valence-corrected chi connectivity index (χ4v) is 4.82. The zero-order chi connectivity index (χ0) is 22.1. The fraction of sp³-hybridized carbons (Fsp3) is 0.304. The van der Waals surface area contributed by atoms with Crippen LogP contribution in [0.1, 0.15) is 43.0 Å². The van der Waals surface area contributed by atoms with Crippen LogP contribution in [0, 0.1) is 11.3 Å². The highest BCUT2D eigenvalue weighted by atomic mass is 32.1. The Kier molecular flexibility index (Phi) is 5.61. The Bertz CT molecular complexity index is 1180. The average molecular weight is 435 g/mol. The number of carboxylic acid groups (broad SMARTS) is 1. The molecule has 0 radical (unpaired) electrons. The van der Waals surface area contributed by atoms with E-state index in [1.807, 2.05) is 38.1 Å². The van der Waals surface area contributed by atoms with Crippen LogP contribution in [0.3, 0.4) is 0 Å². The standard InChI is InChI=1S/C23H22N4O3S/c1-13(2)30-20-10-7-14(11-15(20)12-24)21-25-26-22(31-21)18-6-4-5-17-16(18)8-9-19(17)27(3)23(28)29/h4-7,10-11,13,19H,8-9H2,1-3H3,(H,28,29). The highest BCUT2D eigenvalue weighted by Gasteiger charge is 2.30. The van der Waals surface area contributed by atoms with Gasteiger partial charge in [0.05, 0.1) is 17.7 Å². The van der Waals surface area contributed by atoms with Crippen LogP contribution in [0.15, 0.2) is 36.4 Å². The van der Waals surface area contributed by atoms with Gasteiger partial charge in [-0.3, -0.25) is 0 Å². The summed E-state index contributed by atoms with van der Waals surface area (Å²) in [5, 5.41) is 29.1. The molecule has 0 saturated carbocycles. The number of aromatic nitrogens is 2. The molecule has 4 rings (SSSR count). The van der Waals surface area contributed by atoms with Gasteiger partial charge in [0.25, 0.3) is 0 Å². The zero-order valence-corrected chi connectivity index (χ0v) is 18.3. The maximum atomic E-state index is 11.4. The molecule has 158 valence electrons. The monoisotopic (exact) mass is 434 g/mol. The van der Waals surface area contributed by atoms with Gasteiger partial charge >= 0.3 is 6.09 Å². The van der Waals surface area contributed by atoms with Crippen LogP contribution in [-0.2, 0) is 6.42 Å². The first-order valence-corrected chi connectivity index (χ1v) is 10.8. The lowest BCUT2D eigenvalue weighted by atomic mass is 10.0. The Hall–Kier alpha value is -3.44. The van der Waals surface area contributed by atoms with Gasteiger partial charge in [-0.1, -0.05) is 29.5 Å². The van der Waals surface area contributed by atoms with Gasteiger partial charge in [-0.25, -0.2) is 4.79 Å². The Morgan fingerprint density at radius 2 is 2.06 bits per heavy atom. The Morgan fingerprint density at radius 3 is 2.77 bits per heavy atom. The second kappa shape index (κ2) is 8.36. The highest BCUT2D eigenvalue weighted by Crippen LogP contribution is 2.42. The summed E-state index contributed by atoms with van der Waals surface area (Å²) in [7, 11) is 1.61. The molecule has 1 aromatic heterocycles. The minimum Gasteiger partial charge on any atom is -0.490 e. The molecule has 1 atom stereocenters. The molecular formula is C23H22N4O3S. The van der Waals surface area contributed by atoms with Gasteiger partial charge in [-0.05, 0) is 56.0 Å². The molecule has 7 nitrogen and oxygen atoms in total. The molecule has 1 aliphatic rings. The van der Waals surface area contributed by atoms with Crippen molar-refractivity contribution in [1.29, 1.82) is 5.26 Å². The van der Waals surface area contributed by atoms with E-state index >= 15 is 0 Å². The molecule has 2 aromatic carbocycles. The summed E-state index contributed by atoms with van der Waals surface area (Å²) in [5.74, 6) is 0.556. The normalized spacial score (nSPS) is 14.9. The van der Waals surface area contributed by atoms with Crippen LogP contribution in [0.25, 0.3) is 21.1 Å². The summed E-state index contributed by atoms with van der Waals surface area (Å²) >= 11 is 1.46. The van der Waals surface area contributed by atoms with E-state index in [1.165, 1.54) is 16.2 Å².